The zero-order chi connectivity index (χ0) is 17.4. The van der Waals surface area contributed by atoms with Gasteiger partial charge in [-0.3, -0.25) is 4.79 Å². The van der Waals surface area contributed by atoms with Gasteiger partial charge in [0, 0.05) is 44.0 Å². The first-order valence-corrected chi connectivity index (χ1v) is 9.04. The Morgan fingerprint density at radius 2 is 2.00 bits per heavy atom. The molecule has 0 unspecified atom stereocenters. The van der Waals surface area contributed by atoms with Gasteiger partial charge in [0.25, 0.3) is 0 Å². The van der Waals surface area contributed by atoms with Gasteiger partial charge < -0.3 is 18.9 Å². The second-order valence-corrected chi connectivity index (χ2v) is 7.05. The Kier molecular flexibility index (Phi) is 4.35. The van der Waals surface area contributed by atoms with Crippen LogP contribution in [0.5, 0.6) is 0 Å². The van der Waals surface area contributed by atoms with E-state index in [-0.39, 0.29) is 12.5 Å². The van der Waals surface area contributed by atoms with Crippen LogP contribution in [0.3, 0.4) is 0 Å². The number of piperazine rings is 1. The van der Waals surface area contributed by atoms with Gasteiger partial charge in [0.2, 0.25) is 5.91 Å². The summed E-state index contributed by atoms with van der Waals surface area (Å²) >= 11 is 3.53. The Morgan fingerprint density at radius 1 is 1.20 bits per heavy atom. The predicted octanol–water partition coefficient (Wildman–Crippen LogP) is 2.55. The highest BCUT2D eigenvalue weighted by Gasteiger charge is 2.23. The molecule has 1 amide bonds. The molecular formula is C18H19BrN4O2. The molecule has 0 N–H and O–H groups in total. The maximum Gasteiger partial charge on any atom is 0.248 e. The number of aromatic nitrogens is 2. The zero-order valence-corrected chi connectivity index (χ0v) is 15.6. The molecule has 1 aliphatic rings. The number of methoxy groups -OCH3 is 1. The summed E-state index contributed by atoms with van der Waals surface area (Å²) in [6.07, 6.45) is 2.06. The van der Waals surface area contributed by atoms with Gasteiger partial charge in [0.1, 0.15) is 6.61 Å². The number of halogens is 1. The van der Waals surface area contributed by atoms with E-state index in [9.17, 15) is 4.79 Å². The second-order valence-electron chi connectivity index (χ2n) is 6.13. The van der Waals surface area contributed by atoms with Crippen molar-refractivity contribution in [2.45, 2.75) is 0 Å². The van der Waals surface area contributed by atoms with Crippen LogP contribution in [-0.2, 0) is 9.53 Å². The van der Waals surface area contributed by atoms with Crippen LogP contribution in [0.25, 0.3) is 16.6 Å². The minimum absolute atomic E-state index is 0.0467. The van der Waals surface area contributed by atoms with Crippen molar-refractivity contribution in [2.24, 2.45) is 0 Å². The molecule has 0 radical (unpaired) electrons. The number of ether oxygens (including phenoxy) is 1. The number of fused-ring (bicyclic) bond motifs is 3. The number of hydrogen-bond donors (Lipinski definition) is 0. The highest BCUT2D eigenvalue weighted by molar-refractivity contribution is 9.10. The number of hydrogen-bond acceptors (Lipinski definition) is 4. The number of amides is 1. The fourth-order valence-corrected chi connectivity index (χ4v) is 3.70. The van der Waals surface area contributed by atoms with Crippen LogP contribution in [-0.4, -0.2) is 60.1 Å². The summed E-state index contributed by atoms with van der Waals surface area (Å²) in [5.41, 5.74) is 3.12. The molecule has 2 aromatic heterocycles. The first kappa shape index (κ1) is 16.4. The Morgan fingerprint density at radius 3 is 2.76 bits per heavy atom. The average Bonchev–Trinajstić information content (AvgIpc) is 3.11. The summed E-state index contributed by atoms with van der Waals surface area (Å²) < 4.78 is 8.14. The van der Waals surface area contributed by atoms with Gasteiger partial charge in [-0.2, -0.15) is 0 Å². The number of rotatable bonds is 3. The van der Waals surface area contributed by atoms with Gasteiger partial charge in [0.05, 0.1) is 16.6 Å². The fraction of sp³-hybridized carbons (Fsp3) is 0.333. The van der Waals surface area contributed by atoms with Crippen LogP contribution in [0.15, 0.2) is 41.0 Å². The van der Waals surface area contributed by atoms with Crippen LogP contribution in [0, 0.1) is 0 Å². The van der Waals surface area contributed by atoms with Crippen molar-refractivity contribution in [1.29, 1.82) is 0 Å². The Bertz CT molecular complexity index is 931. The third-order valence-electron chi connectivity index (χ3n) is 4.60. The molecule has 3 heterocycles. The summed E-state index contributed by atoms with van der Waals surface area (Å²) in [7, 11) is 1.55. The molecule has 7 heteroatoms. The third kappa shape index (κ3) is 2.98. The molecule has 25 heavy (non-hydrogen) atoms. The van der Waals surface area contributed by atoms with Crippen molar-refractivity contribution in [3.63, 3.8) is 0 Å². The molecule has 6 nitrogen and oxygen atoms in total. The van der Waals surface area contributed by atoms with Crippen molar-refractivity contribution >= 4 is 44.2 Å². The van der Waals surface area contributed by atoms with Gasteiger partial charge >= 0.3 is 0 Å². The molecule has 0 aliphatic carbocycles. The van der Waals surface area contributed by atoms with Crippen LogP contribution in [0.1, 0.15) is 0 Å². The molecule has 3 aromatic rings. The molecule has 0 spiro atoms. The molecule has 4 rings (SSSR count). The largest absolute Gasteiger partial charge is 0.375 e. The summed E-state index contributed by atoms with van der Waals surface area (Å²) in [6, 6.07) is 10.3. The van der Waals surface area contributed by atoms with E-state index in [1.807, 2.05) is 23.1 Å². The van der Waals surface area contributed by atoms with Crippen molar-refractivity contribution in [1.82, 2.24) is 14.3 Å². The molecule has 130 valence electrons. The quantitative estimate of drug-likeness (QED) is 0.675. The fourth-order valence-electron chi connectivity index (χ4n) is 3.35. The molecule has 0 saturated carbocycles. The molecule has 1 aliphatic heterocycles. The number of nitrogens with zero attached hydrogens (tertiary/aromatic N) is 4. The number of carbonyl (C=O) groups is 1. The van der Waals surface area contributed by atoms with E-state index in [0.29, 0.717) is 13.1 Å². The van der Waals surface area contributed by atoms with Crippen LogP contribution in [0.2, 0.25) is 0 Å². The standard InChI is InChI=1S/C18H19BrN4O2/c1-25-12-17(24)21-7-9-22(10-8-21)18-16-3-2-6-23(16)15-5-4-13(19)11-14(15)20-18/h2-6,11H,7-10,12H2,1H3. The van der Waals surface area contributed by atoms with Gasteiger partial charge in [-0.05, 0) is 30.3 Å². The zero-order valence-electron chi connectivity index (χ0n) is 14.0. The maximum absolute atomic E-state index is 12.0. The monoisotopic (exact) mass is 402 g/mol. The van der Waals surface area contributed by atoms with Crippen LogP contribution in [0.4, 0.5) is 5.82 Å². The third-order valence-corrected chi connectivity index (χ3v) is 5.09. The van der Waals surface area contributed by atoms with E-state index in [2.05, 4.69) is 43.6 Å². The van der Waals surface area contributed by atoms with Crippen molar-refractivity contribution in [3.8, 4) is 0 Å². The average molecular weight is 403 g/mol. The van der Waals surface area contributed by atoms with Crippen LogP contribution < -0.4 is 4.90 Å². The Hall–Kier alpha value is -2.12. The van der Waals surface area contributed by atoms with E-state index in [0.717, 1.165) is 39.9 Å². The van der Waals surface area contributed by atoms with Gasteiger partial charge in [0.15, 0.2) is 5.82 Å². The van der Waals surface area contributed by atoms with E-state index in [1.165, 1.54) is 0 Å². The lowest BCUT2D eigenvalue weighted by Gasteiger charge is -2.35. The normalized spacial score (nSPS) is 15.3. The van der Waals surface area contributed by atoms with E-state index in [4.69, 9.17) is 9.72 Å². The number of benzene rings is 1. The van der Waals surface area contributed by atoms with E-state index >= 15 is 0 Å². The number of carbonyl (C=O) groups excluding carboxylic acids is 1. The van der Waals surface area contributed by atoms with Crippen molar-refractivity contribution in [2.75, 3.05) is 44.8 Å². The minimum atomic E-state index is 0.0467. The van der Waals surface area contributed by atoms with Gasteiger partial charge in [-0.15, -0.1) is 0 Å². The summed E-state index contributed by atoms with van der Waals surface area (Å²) in [6.45, 7) is 3.05. The molecule has 1 fully saturated rings. The Balaban J connectivity index is 1.67. The highest BCUT2D eigenvalue weighted by Crippen LogP contribution is 2.27. The molecule has 1 saturated heterocycles. The summed E-state index contributed by atoms with van der Waals surface area (Å²) in [5.74, 6) is 1.01. The first-order chi connectivity index (χ1) is 12.2. The topological polar surface area (TPSA) is 50.1 Å². The maximum atomic E-state index is 12.0. The smallest absolute Gasteiger partial charge is 0.248 e. The molecular weight excluding hydrogens is 384 g/mol. The highest BCUT2D eigenvalue weighted by atomic mass is 79.9. The first-order valence-electron chi connectivity index (χ1n) is 8.25. The van der Waals surface area contributed by atoms with Crippen molar-refractivity contribution in [3.05, 3.63) is 41.0 Å². The molecule has 0 atom stereocenters. The molecule has 1 aromatic carbocycles. The Labute approximate surface area is 154 Å². The van der Waals surface area contributed by atoms with E-state index < -0.39 is 0 Å². The SMILES string of the molecule is COCC(=O)N1CCN(c2nc3cc(Br)ccc3n3cccc23)CC1. The summed E-state index contributed by atoms with van der Waals surface area (Å²) in [4.78, 5) is 21.0. The lowest BCUT2D eigenvalue weighted by Crippen LogP contribution is -2.50. The predicted molar refractivity (Wildman–Crippen MR) is 101 cm³/mol. The van der Waals surface area contributed by atoms with Crippen LogP contribution >= 0.6 is 15.9 Å². The van der Waals surface area contributed by atoms with E-state index in [1.54, 1.807) is 7.11 Å². The van der Waals surface area contributed by atoms with Gasteiger partial charge in [-0.1, -0.05) is 15.9 Å². The van der Waals surface area contributed by atoms with Crippen molar-refractivity contribution < 1.29 is 9.53 Å². The lowest BCUT2D eigenvalue weighted by atomic mass is 10.2. The molecule has 0 bridgehead atoms. The van der Waals surface area contributed by atoms with Gasteiger partial charge in [-0.25, -0.2) is 4.98 Å². The summed E-state index contributed by atoms with van der Waals surface area (Å²) in [5, 5.41) is 0. The second kappa shape index (κ2) is 6.65. The number of anilines is 1. The lowest BCUT2D eigenvalue weighted by molar-refractivity contribution is -0.135. The minimum Gasteiger partial charge on any atom is -0.375 e.